The molecule has 4 heteroatoms. The second kappa shape index (κ2) is 6.10. The Balaban J connectivity index is 2.70. The van der Waals surface area contributed by atoms with Gasteiger partial charge in [0, 0.05) is 22.6 Å². The SMILES string of the molecule is CC(CC#N)N(C)Cc1ccc(Cl)cc1Cl. The van der Waals surface area contributed by atoms with Gasteiger partial charge in [-0.1, -0.05) is 29.3 Å². The van der Waals surface area contributed by atoms with Crippen molar-refractivity contribution in [3.8, 4) is 6.07 Å². The monoisotopic (exact) mass is 256 g/mol. The van der Waals surface area contributed by atoms with E-state index in [0.29, 0.717) is 16.5 Å². The molecule has 0 heterocycles. The van der Waals surface area contributed by atoms with E-state index in [0.717, 1.165) is 12.1 Å². The lowest BCUT2D eigenvalue weighted by Gasteiger charge is -2.23. The summed E-state index contributed by atoms with van der Waals surface area (Å²) in [6, 6.07) is 7.86. The van der Waals surface area contributed by atoms with Crippen LogP contribution in [-0.2, 0) is 6.54 Å². The van der Waals surface area contributed by atoms with Gasteiger partial charge in [0.1, 0.15) is 0 Å². The van der Waals surface area contributed by atoms with Gasteiger partial charge in [-0.25, -0.2) is 0 Å². The molecular weight excluding hydrogens is 243 g/mol. The van der Waals surface area contributed by atoms with Gasteiger partial charge in [0.15, 0.2) is 0 Å². The first kappa shape index (κ1) is 13.3. The highest BCUT2D eigenvalue weighted by molar-refractivity contribution is 6.35. The molecule has 0 saturated carbocycles. The fraction of sp³-hybridized carbons (Fsp3) is 0.417. The van der Waals surface area contributed by atoms with Gasteiger partial charge >= 0.3 is 0 Å². The molecule has 0 saturated heterocycles. The largest absolute Gasteiger partial charge is 0.298 e. The molecule has 86 valence electrons. The molecule has 0 aliphatic heterocycles. The van der Waals surface area contributed by atoms with Crippen LogP contribution in [0.15, 0.2) is 18.2 Å². The average Bonchev–Trinajstić information content (AvgIpc) is 2.22. The summed E-state index contributed by atoms with van der Waals surface area (Å²) in [6.45, 7) is 2.74. The molecule has 1 atom stereocenters. The van der Waals surface area contributed by atoms with Crippen LogP contribution in [0.5, 0.6) is 0 Å². The van der Waals surface area contributed by atoms with Gasteiger partial charge in [-0.3, -0.25) is 4.90 Å². The van der Waals surface area contributed by atoms with Crippen LogP contribution >= 0.6 is 23.2 Å². The van der Waals surface area contributed by atoms with Crippen molar-refractivity contribution < 1.29 is 0 Å². The number of rotatable bonds is 4. The molecule has 0 spiro atoms. The van der Waals surface area contributed by atoms with Crippen molar-refractivity contribution in [2.24, 2.45) is 0 Å². The quantitative estimate of drug-likeness (QED) is 0.821. The van der Waals surface area contributed by atoms with Crippen LogP contribution in [0, 0.1) is 11.3 Å². The predicted octanol–water partition coefficient (Wildman–Crippen LogP) is 3.73. The lowest BCUT2D eigenvalue weighted by Crippen LogP contribution is -2.28. The molecule has 16 heavy (non-hydrogen) atoms. The molecule has 0 aliphatic carbocycles. The Labute approximate surface area is 106 Å². The lowest BCUT2D eigenvalue weighted by atomic mass is 10.1. The zero-order valence-electron chi connectivity index (χ0n) is 9.37. The third-order valence-corrected chi connectivity index (χ3v) is 3.16. The molecule has 0 amide bonds. The van der Waals surface area contributed by atoms with Crippen molar-refractivity contribution in [1.29, 1.82) is 5.26 Å². The summed E-state index contributed by atoms with van der Waals surface area (Å²) < 4.78 is 0. The highest BCUT2D eigenvalue weighted by atomic mass is 35.5. The van der Waals surface area contributed by atoms with Crippen molar-refractivity contribution in [2.45, 2.75) is 25.9 Å². The fourth-order valence-electron chi connectivity index (χ4n) is 1.36. The molecule has 0 aromatic heterocycles. The van der Waals surface area contributed by atoms with Gasteiger partial charge in [-0.15, -0.1) is 0 Å². The van der Waals surface area contributed by atoms with Crippen molar-refractivity contribution in [2.75, 3.05) is 7.05 Å². The summed E-state index contributed by atoms with van der Waals surface area (Å²) in [7, 11) is 1.98. The maximum absolute atomic E-state index is 8.62. The Bertz CT molecular complexity index is 398. The highest BCUT2D eigenvalue weighted by Gasteiger charge is 2.11. The zero-order valence-corrected chi connectivity index (χ0v) is 10.9. The Hall–Kier alpha value is -0.750. The second-order valence-electron chi connectivity index (χ2n) is 3.86. The van der Waals surface area contributed by atoms with Crippen molar-refractivity contribution in [1.82, 2.24) is 4.90 Å². The van der Waals surface area contributed by atoms with Crippen LogP contribution in [0.3, 0.4) is 0 Å². The van der Waals surface area contributed by atoms with E-state index in [1.807, 2.05) is 26.1 Å². The number of hydrogen-bond donors (Lipinski definition) is 0. The molecule has 1 unspecified atom stereocenters. The van der Waals surface area contributed by atoms with Gasteiger partial charge in [-0.05, 0) is 31.7 Å². The summed E-state index contributed by atoms with van der Waals surface area (Å²) in [4.78, 5) is 2.10. The summed E-state index contributed by atoms with van der Waals surface area (Å²) in [5, 5.41) is 9.93. The average molecular weight is 257 g/mol. The van der Waals surface area contributed by atoms with Crippen LogP contribution in [0.1, 0.15) is 18.9 Å². The van der Waals surface area contributed by atoms with E-state index in [2.05, 4.69) is 11.0 Å². The molecule has 0 aliphatic rings. The predicted molar refractivity (Wildman–Crippen MR) is 67.6 cm³/mol. The van der Waals surface area contributed by atoms with E-state index in [9.17, 15) is 0 Å². The second-order valence-corrected chi connectivity index (χ2v) is 4.71. The van der Waals surface area contributed by atoms with E-state index < -0.39 is 0 Å². The van der Waals surface area contributed by atoms with Gasteiger partial charge in [0.2, 0.25) is 0 Å². The molecule has 0 N–H and O–H groups in total. The number of benzene rings is 1. The van der Waals surface area contributed by atoms with Crippen LogP contribution in [-0.4, -0.2) is 18.0 Å². The van der Waals surface area contributed by atoms with Crippen LogP contribution in [0.25, 0.3) is 0 Å². The molecule has 0 bridgehead atoms. The molecule has 2 nitrogen and oxygen atoms in total. The molecular formula is C12H14Cl2N2. The standard InChI is InChI=1S/C12H14Cl2N2/c1-9(5-6-15)16(2)8-10-3-4-11(13)7-12(10)14/h3-4,7,9H,5,8H2,1-2H3. The molecule has 1 aromatic rings. The van der Waals surface area contributed by atoms with Crippen LogP contribution < -0.4 is 0 Å². The number of nitrogens with zero attached hydrogens (tertiary/aromatic N) is 2. The molecule has 1 rings (SSSR count). The first-order chi connectivity index (χ1) is 7.54. The molecule has 0 fully saturated rings. The van der Waals surface area contributed by atoms with Crippen LogP contribution in [0.2, 0.25) is 10.0 Å². The van der Waals surface area contributed by atoms with Gasteiger partial charge < -0.3 is 0 Å². The Morgan fingerprint density at radius 1 is 1.44 bits per heavy atom. The maximum Gasteiger partial charge on any atom is 0.0638 e. The smallest absolute Gasteiger partial charge is 0.0638 e. The minimum Gasteiger partial charge on any atom is -0.298 e. The summed E-state index contributed by atoms with van der Waals surface area (Å²) >= 11 is 11.9. The van der Waals surface area contributed by atoms with Gasteiger partial charge in [0.25, 0.3) is 0 Å². The lowest BCUT2D eigenvalue weighted by molar-refractivity contribution is 0.252. The summed E-state index contributed by atoms with van der Waals surface area (Å²) in [6.07, 6.45) is 0.516. The Kier molecular flexibility index (Phi) is 5.08. The zero-order chi connectivity index (χ0) is 12.1. The number of halogens is 2. The first-order valence-corrected chi connectivity index (χ1v) is 5.81. The third-order valence-electron chi connectivity index (χ3n) is 2.57. The van der Waals surface area contributed by atoms with Crippen molar-refractivity contribution in [3.63, 3.8) is 0 Å². The third kappa shape index (κ3) is 3.68. The van der Waals surface area contributed by atoms with Gasteiger partial charge in [-0.2, -0.15) is 5.26 Å². The summed E-state index contributed by atoms with van der Waals surface area (Å²) in [5.74, 6) is 0. The van der Waals surface area contributed by atoms with Gasteiger partial charge in [0.05, 0.1) is 12.5 Å². The fourth-order valence-corrected chi connectivity index (χ4v) is 1.83. The van der Waals surface area contributed by atoms with E-state index in [1.165, 1.54) is 0 Å². The van der Waals surface area contributed by atoms with Crippen LogP contribution in [0.4, 0.5) is 0 Å². The normalized spacial score (nSPS) is 12.5. The number of hydrogen-bond acceptors (Lipinski definition) is 2. The maximum atomic E-state index is 8.62. The van der Waals surface area contributed by atoms with E-state index in [1.54, 1.807) is 6.07 Å². The van der Waals surface area contributed by atoms with Crippen molar-refractivity contribution in [3.05, 3.63) is 33.8 Å². The van der Waals surface area contributed by atoms with Crippen molar-refractivity contribution >= 4 is 23.2 Å². The van der Waals surface area contributed by atoms with E-state index in [4.69, 9.17) is 28.5 Å². The Morgan fingerprint density at radius 3 is 2.69 bits per heavy atom. The Morgan fingerprint density at radius 2 is 2.12 bits per heavy atom. The molecule has 1 aromatic carbocycles. The minimum atomic E-state index is 0.219. The van der Waals surface area contributed by atoms with E-state index >= 15 is 0 Å². The highest BCUT2D eigenvalue weighted by Crippen LogP contribution is 2.22. The summed E-state index contributed by atoms with van der Waals surface area (Å²) in [5.41, 5.74) is 1.03. The number of nitriles is 1. The van der Waals surface area contributed by atoms with E-state index in [-0.39, 0.29) is 6.04 Å². The first-order valence-electron chi connectivity index (χ1n) is 5.05. The molecule has 0 radical (unpaired) electrons. The minimum absolute atomic E-state index is 0.219. The topological polar surface area (TPSA) is 27.0 Å².